The summed E-state index contributed by atoms with van der Waals surface area (Å²) in [5, 5.41) is 0. The molecule has 0 bridgehead atoms. The van der Waals surface area contributed by atoms with E-state index >= 15 is 0 Å². The third kappa shape index (κ3) is 3.94. The molecule has 0 aromatic rings. The third-order valence-electron chi connectivity index (χ3n) is 4.18. The normalized spacial score (nSPS) is 37.2. The molecule has 2 aliphatic rings. The predicted octanol–water partition coefficient (Wildman–Crippen LogP) is 2.48. The molecule has 3 heteroatoms. The zero-order chi connectivity index (χ0) is 12.3. The van der Waals surface area contributed by atoms with Gasteiger partial charge in [0.1, 0.15) is 0 Å². The summed E-state index contributed by atoms with van der Waals surface area (Å²) < 4.78 is 11.7. The highest BCUT2D eigenvalue weighted by Crippen LogP contribution is 2.28. The number of hydrogen-bond donors (Lipinski definition) is 1. The lowest BCUT2D eigenvalue weighted by atomic mass is 9.99. The zero-order valence-electron chi connectivity index (χ0n) is 11.2. The topological polar surface area (TPSA) is 44.5 Å². The maximum atomic E-state index is 6.21. The van der Waals surface area contributed by atoms with E-state index < -0.39 is 0 Å². The van der Waals surface area contributed by atoms with Crippen LogP contribution in [0.5, 0.6) is 0 Å². The fraction of sp³-hybridized carbons (Fsp3) is 1.00. The van der Waals surface area contributed by atoms with Crippen LogP contribution in [-0.4, -0.2) is 31.0 Å². The lowest BCUT2D eigenvalue weighted by Crippen LogP contribution is -2.39. The van der Waals surface area contributed by atoms with E-state index in [0.717, 1.165) is 19.4 Å². The minimum atomic E-state index is 0.242. The standard InChI is InChI=1S/C14H27NO2/c1-10-7-13(8-11(2)17-10)16-9-14(15)12-5-3-4-6-12/h10-14H,3-9,15H2,1-2H3. The van der Waals surface area contributed by atoms with Crippen molar-refractivity contribution < 1.29 is 9.47 Å². The molecule has 0 amide bonds. The summed E-state index contributed by atoms with van der Waals surface area (Å²) in [6, 6.07) is 0.242. The smallest absolute Gasteiger partial charge is 0.0625 e. The van der Waals surface area contributed by atoms with Crippen molar-refractivity contribution in [2.45, 2.75) is 76.7 Å². The van der Waals surface area contributed by atoms with Gasteiger partial charge < -0.3 is 15.2 Å². The van der Waals surface area contributed by atoms with Crippen molar-refractivity contribution in [2.24, 2.45) is 11.7 Å². The molecular formula is C14H27NO2. The third-order valence-corrected chi connectivity index (χ3v) is 4.18. The first kappa shape index (κ1) is 13.3. The minimum absolute atomic E-state index is 0.242. The van der Waals surface area contributed by atoms with E-state index in [1.54, 1.807) is 0 Å². The molecule has 2 rings (SSSR count). The summed E-state index contributed by atoms with van der Waals surface area (Å²) in [6.07, 6.45) is 8.33. The van der Waals surface area contributed by atoms with Crippen LogP contribution in [-0.2, 0) is 9.47 Å². The minimum Gasteiger partial charge on any atom is -0.376 e. The Morgan fingerprint density at radius 3 is 2.35 bits per heavy atom. The van der Waals surface area contributed by atoms with E-state index in [4.69, 9.17) is 15.2 Å². The van der Waals surface area contributed by atoms with Crippen LogP contribution in [0.15, 0.2) is 0 Å². The van der Waals surface area contributed by atoms with Crippen molar-refractivity contribution in [1.82, 2.24) is 0 Å². The van der Waals surface area contributed by atoms with Gasteiger partial charge >= 0.3 is 0 Å². The van der Waals surface area contributed by atoms with Gasteiger partial charge in [-0.05, 0) is 45.4 Å². The van der Waals surface area contributed by atoms with Crippen molar-refractivity contribution in [3.8, 4) is 0 Å². The molecule has 1 saturated heterocycles. The Labute approximate surface area is 105 Å². The first-order valence-electron chi connectivity index (χ1n) is 7.17. The molecule has 0 radical (unpaired) electrons. The maximum Gasteiger partial charge on any atom is 0.0625 e. The highest BCUT2D eigenvalue weighted by atomic mass is 16.5. The van der Waals surface area contributed by atoms with Crippen molar-refractivity contribution in [3.63, 3.8) is 0 Å². The largest absolute Gasteiger partial charge is 0.376 e. The summed E-state index contributed by atoms with van der Waals surface area (Å²) in [7, 11) is 0. The summed E-state index contributed by atoms with van der Waals surface area (Å²) in [5.74, 6) is 0.699. The molecule has 1 aliphatic carbocycles. The molecule has 2 fully saturated rings. The number of rotatable bonds is 4. The van der Waals surface area contributed by atoms with Crippen LogP contribution in [0.1, 0.15) is 52.4 Å². The van der Waals surface area contributed by atoms with Gasteiger partial charge in [-0.2, -0.15) is 0 Å². The summed E-state index contributed by atoms with van der Waals surface area (Å²) in [4.78, 5) is 0. The average molecular weight is 241 g/mol. The molecule has 1 aliphatic heterocycles. The van der Waals surface area contributed by atoms with Crippen LogP contribution < -0.4 is 5.73 Å². The molecule has 3 nitrogen and oxygen atoms in total. The van der Waals surface area contributed by atoms with Gasteiger partial charge in [-0.15, -0.1) is 0 Å². The second kappa shape index (κ2) is 6.17. The van der Waals surface area contributed by atoms with Crippen LogP contribution in [0, 0.1) is 5.92 Å². The Kier molecular flexibility index (Phi) is 4.83. The second-order valence-electron chi connectivity index (χ2n) is 5.89. The van der Waals surface area contributed by atoms with Gasteiger partial charge in [-0.3, -0.25) is 0 Å². The van der Waals surface area contributed by atoms with Gasteiger partial charge in [0.05, 0.1) is 24.9 Å². The van der Waals surface area contributed by atoms with E-state index in [9.17, 15) is 0 Å². The molecule has 17 heavy (non-hydrogen) atoms. The Morgan fingerprint density at radius 2 is 1.76 bits per heavy atom. The van der Waals surface area contributed by atoms with Crippen molar-refractivity contribution in [1.29, 1.82) is 0 Å². The van der Waals surface area contributed by atoms with E-state index in [1.165, 1.54) is 25.7 Å². The fourth-order valence-electron chi connectivity index (χ4n) is 3.25. The summed E-state index contributed by atoms with van der Waals surface area (Å²) in [5.41, 5.74) is 6.21. The van der Waals surface area contributed by atoms with Gasteiger partial charge in [0.2, 0.25) is 0 Å². The molecule has 3 unspecified atom stereocenters. The van der Waals surface area contributed by atoms with Crippen LogP contribution in [0.4, 0.5) is 0 Å². The maximum absolute atomic E-state index is 6.21. The molecule has 1 heterocycles. The monoisotopic (exact) mass is 241 g/mol. The second-order valence-corrected chi connectivity index (χ2v) is 5.89. The summed E-state index contributed by atoms with van der Waals surface area (Å²) in [6.45, 7) is 4.99. The lowest BCUT2D eigenvalue weighted by molar-refractivity contribution is -0.105. The molecule has 3 atom stereocenters. The Morgan fingerprint density at radius 1 is 1.18 bits per heavy atom. The SMILES string of the molecule is CC1CC(OCC(N)C2CCCC2)CC(C)O1. The molecule has 0 aromatic heterocycles. The van der Waals surface area contributed by atoms with Crippen LogP contribution in [0.3, 0.4) is 0 Å². The molecule has 1 saturated carbocycles. The van der Waals surface area contributed by atoms with E-state index in [-0.39, 0.29) is 6.04 Å². The predicted molar refractivity (Wildman–Crippen MR) is 68.9 cm³/mol. The van der Waals surface area contributed by atoms with Gasteiger partial charge in [0.15, 0.2) is 0 Å². The molecule has 100 valence electrons. The first-order chi connectivity index (χ1) is 8.15. The zero-order valence-corrected chi connectivity index (χ0v) is 11.2. The lowest BCUT2D eigenvalue weighted by Gasteiger charge is -2.33. The molecule has 0 aromatic carbocycles. The van der Waals surface area contributed by atoms with E-state index in [0.29, 0.717) is 24.2 Å². The number of ether oxygens (including phenoxy) is 2. The van der Waals surface area contributed by atoms with Crippen molar-refractivity contribution >= 4 is 0 Å². The molecular weight excluding hydrogens is 214 g/mol. The molecule has 2 N–H and O–H groups in total. The molecule has 0 spiro atoms. The highest BCUT2D eigenvalue weighted by Gasteiger charge is 2.27. The number of nitrogens with two attached hydrogens (primary N) is 1. The Balaban J connectivity index is 1.69. The van der Waals surface area contributed by atoms with Gasteiger partial charge in [-0.1, -0.05) is 12.8 Å². The number of hydrogen-bond acceptors (Lipinski definition) is 3. The first-order valence-corrected chi connectivity index (χ1v) is 7.17. The van der Waals surface area contributed by atoms with Crippen LogP contribution >= 0.6 is 0 Å². The van der Waals surface area contributed by atoms with Gasteiger partial charge in [-0.25, -0.2) is 0 Å². The fourth-order valence-corrected chi connectivity index (χ4v) is 3.25. The average Bonchev–Trinajstić information content (AvgIpc) is 2.78. The van der Waals surface area contributed by atoms with E-state index in [2.05, 4.69) is 13.8 Å². The van der Waals surface area contributed by atoms with Gasteiger partial charge in [0.25, 0.3) is 0 Å². The van der Waals surface area contributed by atoms with Gasteiger partial charge in [0, 0.05) is 6.04 Å². The Bertz CT molecular complexity index is 218. The van der Waals surface area contributed by atoms with Crippen LogP contribution in [0.25, 0.3) is 0 Å². The van der Waals surface area contributed by atoms with E-state index in [1.807, 2.05) is 0 Å². The quantitative estimate of drug-likeness (QED) is 0.822. The highest BCUT2D eigenvalue weighted by molar-refractivity contribution is 4.79. The van der Waals surface area contributed by atoms with Crippen LogP contribution in [0.2, 0.25) is 0 Å². The van der Waals surface area contributed by atoms with Crippen molar-refractivity contribution in [2.75, 3.05) is 6.61 Å². The Hall–Kier alpha value is -0.120. The summed E-state index contributed by atoms with van der Waals surface area (Å²) >= 11 is 0. The van der Waals surface area contributed by atoms with Crippen molar-refractivity contribution in [3.05, 3.63) is 0 Å².